The van der Waals surface area contributed by atoms with Crippen LogP contribution in [-0.4, -0.2) is 5.97 Å². The van der Waals surface area contributed by atoms with E-state index in [-0.39, 0.29) is 6.42 Å². The van der Waals surface area contributed by atoms with Crippen LogP contribution in [0.15, 0.2) is 12.1 Å². The van der Waals surface area contributed by atoms with E-state index in [1.165, 1.54) is 44.9 Å². The molecule has 0 amide bonds. The minimum atomic E-state index is -5.15. The van der Waals surface area contributed by atoms with E-state index in [0.29, 0.717) is 24.5 Å². The third-order valence-electron chi connectivity index (χ3n) is 6.22. The fraction of sp³-hybridized carbons (Fsp3) is 0.708. The van der Waals surface area contributed by atoms with Crippen molar-refractivity contribution in [2.75, 3.05) is 0 Å². The van der Waals surface area contributed by atoms with E-state index >= 15 is 0 Å². The largest absolute Gasteiger partial charge is 0.426 e. The fourth-order valence-electron chi connectivity index (χ4n) is 4.41. The summed E-state index contributed by atoms with van der Waals surface area (Å²) in [5, 5.41) is 0. The third-order valence-corrected chi connectivity index (χ3v) is 6.22. The molecular weight excluding hydrogens is 415 g/mol. The van der Waals surface area contributed by atoms with Gasteiger partial charge >= 0.3 is 12.1 Å². The Labute approximate surface area is 181 Å². The Kier molecular flexibility index (Phi) is 10.2. The molecular formula is C24H33F5O2. The summed E-state index contributed by atoms with van der Waals surface area (Å²) in [6.45, 7) is 2.21. The van der Waals surface area contributed by atoms with E-state index in [0.717, 1.165) is 31.6 Å². The van der Waals surface area contributed by atoms with Crippen molar-refractivity contribution < 1.29 is 31.5 Å². The lowest BCUT2D eigenvalue weighted by Crippen LogP contribution is -2.17. The van der Waals surface area contributed by atoms with Crippen LogP contribution in [0.1, 0.15) is 96.0 Å². The van der Waals surface area contributed by atoms with Gasteiger partial charge in [0.2, 0.25) is 0 Å². The number of alkyl halides is 3. The van der Waals surface area contributed by atoms with E-state index in [4.69, 9.17) is 4.74 Å². The molecule has 1 aromatic rings. The SMILES string of the molecule is CCCCCCCCC1CCC(CCC(=O)Oc2cc(F)c(C(F)(F)F)c(F)c2)CC1. The van der Waals surface area contributed by atoms with E-state index < -0.39 is 35.1 Å². The molecule has 0 unspecified atom stereocenters. The van der Waals surface area contributed by atoms with Gasteiger partial charge in [0.1, 0.15) is 22.9 Å². The maximum absolute atomic E-state index is 13.6. The molecule has 7 heteroatoms. The quantitative estimate of drug-likeness (QED) is 0.147. The smallest absolute Gasteiger partial charge is 0.422 e. The highest BCUT2D eigenvalue weighted by Crippen LogP contribution is 2.36. The van der Waals surface area contributed by atoms with Gasteiger partial charge in [-0.1, -0.05) is 77.6 Å². The molecule has 0 bridgehead atoms. The maximum Gasteiger partial charge on any atom is 0.422 e. The Bertz CT molecular complexity index is 671. The normalized spacial score (nSPS) is 19.4. The van der Waals surface area contributed by atoms with Gasteiger partial charge in [-0.05, 0) is 18.3 Å². The molecule has 0 aromatic heterocycles. The van der Waals surface area contributed by atoms with Crippen LogP contribution in [-0.2, 0) is 11.0 Å². The number of hydrogen-bond donors (Lipinski definition) is 0. The zero-order chi connectivity index (χ0) is 22.9. The summed E-state index contributed by atoms with van der Waals surface area (Å²) in [5.74, 6) is -3.65. The lowest BCUT2D eigenvalue weighted by Gasteiger charge is -2.28. The number of unbranched alkanes of at least 4 members (excludes halogenated alkanes) is 5. The average molecular weight is 449 g/mol. The highest BCUT2D eigenvalue weighted by molar-refractivity contribution is 5.72. The monoisotopic (exact) mass is 448 g/mol. The van der Waals surface area contributed by atoms with Crippen molar-refractivity contribution in [1.29, 1.82) is 0 Å². The molecule has 0 atom stereocenters. The summed E-state index contributed by atoms with van der Waals surface area (Å²) in [6.07, 6.45) is 9.04. The van der Waals surface area contributed by atoms with Crippen LogP contribution in [0.25, 0.3) is 0 Å². The summed E-state index contributed by atoms with van der Waals surface area (Å²) in [4.78, 5) is 12.0. The molecule has 0 heterocycles. The minimum Gasteiger partial charge on any atom is -0.426 e. The lowest BCUT2D eigenvalue weighted by atomic mass is 9.78. The lowest BCUT2D eigenvalue weighted by molar-refractivity contribution is -0.142. The van der Waals surface area contributed by atoms with E-state index in [2.05, 4.69) is 6.92 Å². The Hall–Kier alpha value is -1.66. The predicted octanol–water partition coefficient (Wildman–Crippen LogP) is 8.23. The van der Waals surface area contributed by atoms with Crippen molar-refractivity contribution >= 4 is 5.97 Å². The Morgan fingerprint density at radius 3 is 1.97 bits per heavy atom. The minimum absolute atomic E-state index is 0.0804. The molecule has 0 saturated heterocycles. The summed E-state index contributed by atoms with van der Waals surface area (Å²) in [7, 11) is 0. The number of halogens is 5. The number of benzene rings is 1. The Balaban J connectivity index is 1.68. The Morgan fingerprint density at radius 1 is 0.903 bits per heavy atom. The second-order valence-electron chi connectivity index (χ2n) is 8.72. The average Bonchev–Trinajstić information content (AvgIpc) is 2.68. The molecule has 0 N–H and O–H groups in total. The zero-order valence-electron chi connectivity index (χ0n) is 18.2. The molecule has 176 valence electrons. The van der Waals surface area contributed by atoms with Crippen LogP contribution in [0.5, 0.6) is 5.75 Å². The molecule has 1 fully saturated rings. The first-order valence-corrected chi connectivity index (χ1v) is 11.5. The van der Waals surface area contributed by atoms with E-state index in [1.54, 1.807) is 0 Å². The maximum atomic E-state index is 13.6. The van der Waals surface area contributed by atoms with Crippen LogP contribution in [0.3, 0.4) is 0 Å². The molecule has 1 aromatic carbocycles. The van der Waals surface area contributed by atoms with Gasteiger partial charge in [0, 0.05) is 18.6 Å². The van der Waals surface area contributed by atoms with Gasteiger partial charge in [0.15, 0.2) is 0 Å². The number of esters is 1. The first kappa shape index (κ1) is 25.6. The second kappa shape index (κ2) is 12.4. The van der Waals surface area contributed by atoms with Crippen LogP contribution in [0.2, 0.25) is 0 Å². The van der Waals surface area contributed by atoms with Gasteiger partial charge in [-0.25, -0.2) is 8.78 Å². The van der Waals surface area contributed by atoms with E-state index in [9.17, 15) is 26.7 Å². The van der Waals surface area contributed by atoms with Crippen molar-refractivity contribution in [3.05, 3.63) is 29.3 Å². The van der Waals surface area contributed by atoms with Crippen molar-refractivity contribution in [1.82, 2.24) is 0 Å². The number of hydrogen-bond acceptors (Lipinski definition) is 2. The Morgan fingerprint density at radius 2 is 1.42 bits per heavy atom. The predicted molar refractivity (Wildman–Crippen MR) is 110 cm³/mol. The second-order valence-corrected chi connectivity index (χ2v) is 8.72. The summed E-state index contributed by atoms with van der Waals surface area (Å²) >= 11 is 0. The molecule has 2 nitrogen and oxygen atoms in total. The van der Waals surface area contributed by atoms with Crippen molar-refractivity contribution in [2.24, 2.45) is 11.8 Å². The molecule has 1 aliphatic carbocycles. The molecule has 31 heavy (non-hydrogen) atoms. The van der Waals surface area contributed by atoms with Crippen LogP contribution < -0.4 is 4.74 Å². The third kappa shape index (κ3) is 8.77. The van der Waals surface area contributed by atoms with Gasteiger partial charge < -0.3 is 4.74 Å². The summed E-state index contributed by atoms with van der Waals surface area (Å²) in [6, 6.07) is 0.800. The molecule has 0 spiro atoms. The highest BCUT2D eigenvalue weighted by Gasteiger charge is 2.38. The van der Waals surface area contributed by atoms with Crippen molar-refractivity contribution in [3.8, 4) is 5.75 Å². The number of carbonyl (C=O) groups is 1. The first-order valence-electron chi connectivity index (χ1n) is 11.5. The van der Waals surface area contributed by atoms with Gasteiger partial charge in [-0.3, -0.25) is 4.79 Å². The standard InChI is InChI=1S/C24H33F5O2/c1-2-3-4-5-6-7-8-17-9-11-18(12-10-17)13-14-22(30)31-19-15-20(25)23(21(26)16-19)24(27,28)29/h15-18H,2-14H2,1H3. The molecule has 2 rings (SSSR count). The van der Waals surface area contributed by atoms with Gasteiger partial charge in [0.25, 0.3) is 0 Å². The fourth-order valence-corrected chi connectivity index (χ4v) is 4.41. The molecule has 1 aliphatic rings. The van der Waals surface area contributed by atoms with Crippen LogP contribution >= 0.6 is 0 Å². The van der Waals surface area contributed by atoms with Gasteiger partial charge in [-0.15, -0.1) is 0 Å². The highest BCUT2D eigenvalue weighted by atomic mass is 19.4. The van der Waals surface area contributed by atoms with Crippen LogP contribution in [0, 0.1) is 23.5 Å². The van der Waals surface area contributed by atoms with Gasteiger partial charge in [0.05, 0.1) is 0 Å². The molecule has 0 aliphatic heterocycles. The van der Waals surface area contributed by atoms with Gasteiger partial charge in [-0.2, -0.15) is 13.2 Å². The number of carbonyl (C=O) groups excluding carboxylic acids is 1. The van der Waals surface area contributed by atoms with Crippen molar-refractivity contribution in [3.63, 3.8) is 0 Å². The summed E-state index contributed by atoms with van der Waals surface area (Å²) in [5.41, 5.74) is -1.98. The summed E-state index contributed by atoms with van der Waals surface area (Å²) < 4.78 is 69.8. The first-order chi connectivity index (χ1) is 14.7. The van der Waals surface area contributed by atoms with Crippen LogP contribution in [0.4, 0.5) is 22.0 Å². The topological polar surface area (TPSA) is 26.3 Å². The molecule has 1 saturated carbocycles. The van der Waals surface area contributed by atoms with Crippen molar-refractivity contribution in [2.45, 2.75) is 96.6 Å². The molecule has 0 radical (unpaired) electrons. The zero-order valence-corrected chi connectivity index (χ0v) is 18.2. The number of rotatable bonds is 11. The van der Waals surface area contributed by atoms with E-state index in [1.807, 2.05) is 0 Å². The number of ether oxygens (including phenoxy) is 1.